The van der Waals surface area contributed by atoms with Crippen molar-refractivity contribution in [1.82, 2.24) is 0 Å². The number of carbonyl (C=O) groups is 5. The van der Waals surface area contributed by atoms with Gasteiger partial charge in [0.25, 0.3) is 19.2 Å². The van der Waals surface area contributed by atoms with E-state index in [1.807, 2.05) is 61.5 Å². The van der Waals surface area contributed by atoms with E-state index < -0.39 is 38.3 Å². The number of halogens is 3. The van der Waals surface area contributed by atoms with Gasteiger partial charge in [-0.05, 0) is 211 Å². The first-order valence-corrected chi connectivity index (χ1v) is 43.9. The van der Waals surface area contributed by atoms with Gasteiger partial charge in [-0.15, -0.1) is 13.2 Å². The molecule has 6 aliphatic rings. The molecule has 674 valence electrons. The molecule has 5 saturated heterocycles. The zero-order valence-electron chi connectivity index (χ0n) is 76.4. The molecule has 6 aliphatic heterocycles. The summed E-state index contributed by atoms with van der Waals surface area (Å²) in [6.45, 7) is 51.4. The van der Waals surface area contributed by atoms with Gasteiger partial charge < -0.3 is 86.2 Å². The van der Waals surface area contributed by atoms with Crippen molar-refractivity contribution in [1.29, 1.82) is 10.5 Å². The number of aliphatic hydroxyl groups excluding tert-OH is 2. The first-order valence-electron chi connectivity index (χ1n) is 39.8. The number of nitriles is 1. The third-order valence-electron chi connectivity index (χ3n) is 17.1. The van der Waals surface area contributed by atoms with Gasteiger partial charge in [-0.2, -0.15) is 13.7 Å². The van der Waals surface area contributed by atoms with E-state index in [-0.39, 0.29) is 191 Å². The van der Waals surface area contributed by atoms with E-state index in [2.05, 4.69) is 66.9 Å². The van der Waals surface area contributed by atoms with Crippen LogP contribution in [0.2, 0.25) is 0 Å². The van der Waals surface area contributed by atoms with Crippen LogP contribution in [-0.4, -0.2) is 215 Å². The summed E-state index contributed by atoms with van der Waals surface area (Å²) in [7, 11) is -3.11. The second-order valence-electron chi connectivity index (χ2n) is 27.6. The fraction of sp³-hybridized carbons (Fsp3) is 0.659. The van der Waals surface area contributed by atoms with Crippen LogP contribution in [0.4, 0.5) is 4.39 Å². The van der Waals surface area contributed by atoms with Crippen LogP contribution >= 0.6 is 26.6 Å². The molecule has 0 bridgehead atoms. The van der Waals surface area contributed by atoms with Gasteiger partial charge in [0, 0.05) is 46.4 Å². The Hall–Kier alpha value is -3.37. The number of carbonyl (C=O) groups excluding carboxylic acids is 4. The van der Waals surface area contributed by atoms with Gasteiger partial charge in [-0.25, -0.2) is 22.8 Å². The van der Waals surface area contributed by atoms with E-state index in [0.29, 0.717) is 118 Å². The van der Waals surface area contributed by atoms with Crippen LogP contribution < -0.4 is 88.7 Å². The molecule has 0 aromatic heterocycles. The van der Waals surface area contributed by atoms with Gasteiger partial charge in [0.05, 0.1) is 175 Å². The molecule has 2 aromatic rings. The maximum absolute atomic E-state index is 12.0. The molecule has 8 rings (SSSR count). The zero-order chi connectivity index (χ0) is 89.9. The van der Waals surface area contributed by atoms with Crippen molar-refractivity contribution in [2.75, 3.05) is 98.4 Å². The number of alkyl halides is 2. The predicted octanol–water partition coefficient (Wildman–Crippen LogP) is 6.64. The average molecular weight is 1860 g/mol. The van der Waals surface area contributed by atoms with Gasteiger partial charge in [0.1, 0.15) is 0 Å². The minimum Gasteiger partial charge on any atom is -1.00 e. The first kappa shape index (κ1) is 130. The van der Waals surface area contributed by atoms with Crippen molar-refractivity contribution < 1.29 is 214 Å². The number of hydrogen-bond donors (Lipinski definition) is 3. The number of ether oxygens (including phenoxy) is 11. The van der Waals surface area contributed by atoms with E-state index in [0.717, 1.165) is 101 Å². The molecule has 27 nitrogen and oxygen atoms in total. The molecule has 13 unspecified atom stereocenters. The number of aliphatic hydroxyl groups is 2. The van der Waals surface area contributed by atoms with Gasteiger partial charge >= 0.3 is 119 Å². The smallest absolute Gasteiger partial charge is 1.00 e. The number of carboxylic acid groups (broad SMARTS) is 1. The van der Waals surface area contributed by atoms with Crippen LogP contribution in [0.3, 0.4) is 0 Å². The molecule has 0 amide bonds. The predicted molar refractivity (Wildman–Crippen MR) is 453 cm³/mol. The summed E-state index contributed by atoms with van der Waals surface area (Å²) < 4.78 is 122. The van der Waals surface area contributed by atoms with Crippen molar-refractivity contribution >= 4 is 75.6 Å². The van der Waals surface area contributed by atoms with Gasteiger partial charge in [0.2, 0.25) is 0 Å². The normalized spacial score (nSPS) is 21.4. The maximum atomic E-state index is 12.0. The van der Waals surface area contributed by atoms with E-state index in [1.165, 1.54) is 12.1 Å². The summed E-state index contributed by atoms with van der Waals surface area (Å²) in [5.41, 5.74) is 3.48. The number of carboxylic acids is 1. The van der Waals surface area contributed by atoms with Crippen molar-refractivity contribution in [2.24, 2.45) is 29.6 Å². The van der Waals surface area contributed by atoms with Gasteiger partial charge in [0.15, 0.2) is 0 Å². The molecule has 13 atom stereocenters. The van der Waals surface area contributed by atoms with Crippen molar-refractivity contribution in [2.45, 2.75) is 245 Å². The van der Waals surface area contributed by atoms with E-state index in [1.54, 1.807) is 76.2 Å². The monoisotopic (exact) mass is 1850 g/mol. The van der Waals surface area contributed by atoms with Gasteiger partial charge in [-0.3, -0.25) is 18.2 Å². The third-order valence-corrected chi connectivity index (χ3v) is 20.4. The Labute approximate surface area is 799 Å². The molecule has 0 aliphatic carbocycles. The number of aryl methyl sites for hydroxylation is 2. The van der Waals surface area contributed by atoms with Crippen molar-refractivity contribution in [3.05, 3.63) is 127 Å². The Kier molecular flexibility index (Phi) is 89.3. The fourth-order valence-corrected chi connectivity index (χ4v) is 11.8. The molecule has 6 heterocycles. The minimum atomic E-state index is -3.65. The van der Waals surface area contributed by atoms with Crippen molar-refractivity contribution in [3.8, 4) is 6.07 Å². The van der Waals surface area contributed by atoms with Crippen LogP contribution in [0.1, 0.15) is 187 Å². The summed E-state index contributed by atoms with van der Waals surface area (Å²) in [4.78, 5) is 54.8. The molecule has 4 N–H and O–H groups in total. The molecule has 0 radical (unpaired) electrons. The largest absolute Gasteiger partial charge is 1.00 e. The number of benzene rings is 2. The first-order chi connectivity index (χ1) is 55.3. The van der Waals surface area contributed by atoms with Crippen LogP contribution in [0.5, 0.6) is 0 Å². The summed E-state index contributed by atoms with van der Waals surface area (Å²) in [5, 5.41) is 40.8. The SMILES string of the molecule is C=C(CBr)C(=O)OCC.C=CCC(C)O.C=CCC(C)OCC(=C)C(=O)OCC.CC1CCC(C(=O)O)CO1.CC1CCC(CC#N)CO1.CC1CCC(CO)CO1.CCOC(=O)C1=CCC(C)OC1.CCOC(=O)C1CCC(C)OC1.Cc1ccc(S(=O)(=O)Cl)cc1.Cc1ccc(S(=O)(=O)OCC2CCC(C)OC2)cc1.[2H]CF.[C-]#N.[H-].[Na+].[Na+].[Na+].[OH-]. The molecule has 0 spiro atoms. The van der Waals surface area contributed by atoms with E-state index >= 15 is 0 Å². The molecular weight excluding hydrogens is 1720 g/mol. The number of aliphatic carboxylic acids is 1. The van der Waals surface area contributed by atoms with Crippen LogP contribution in [-0.2, 0) is 99.4 Å². The second kappa shape index (κ2) is 82.6. The number of nitrogens with zero attached hydrogens (tertiary/aromatic N) is 2. The Morgan fingerprint density at radius 3 is 1.38 bits per heavy atom. The maximum Gasteiger partial charge on any atom is 1.00 e. The molecule has 0 saturated carbocycles. The third kappa shape index (κ3) is 70.8. The summed E-state index contributed by atoms with van der Waals surface area (Å²) in [6, 6.07) is 15.2. The van der Waals surface area contributed by atoms with E-state index in [4.69, 9.17) is 96.0 Å². The second-order valence-corrected chi connectivity index (χ2v) is 32.4. The number of rotatable bonds is 24. The molecule has 2 aromatic carbocycles. The Morgan fingerprint density at radius 2 is 1.04 bits per heavy atom. The summed E-state index contributed by atoms with van der Waals surface area (Å²) in [5.74, 6) is -1.02. The fourth-order valence-electron chi connectivity index (χ4n) is 9.84. The molecule has 5 fully saturated rings. The standard InChI is InChI=1S/C14H20O4S.C11H18O3.C9H16O3.C9H14O3.C8H13NO.C7H7ClO2S.C7H12O3.C7H14O2.C6H9BrO2.C5H10O.CH3F.CN.3Na.H2O.H/c1-11-3-7-14(8-4-11)19(15,16)18-10-13-6-5-12(2)17-9-13;1-5-7-10(4)14-8-9(3)11(12)13-6-2;2*1-3-11-9(10)8-5-4-7(2)12-6-8;1-7-2-3-8(4-5-9)6-10-7;1-6-2-4-7(5-3-6)11(8,9)10;1-5-2-3-6(4-10-5)7(8)9;1-6-2-3-7(4-8)5-9-6;1-3-9-6(8)5(2)4-7;1-3-4-5(2)6;2*1-2;;;;;/h3-4,7-8,12-13H,5-6,9-10H2,1-2H3;5,10H,1,3,6-8H2,2,4H3;7-8H,3-6H2,1-2H3;5,7H,3-4,6H2,1-2H3;7-8H,2-4,6H2,1H3;2-5H,1H3;5-6H,2-4H2,1H3,(H,8,9);6-8H,2-5H2,1H3;2-4H2,1H3;3,5-6H,1,4H2,2H3;1H3;;;;;1H2;/q;;;;;;;;;;;-1;3*+1;;-1/p-1/i;;;;;;;;;;1D;;;;;;. The van der Waals surface area contributed by atoms with Crippen LogP contribution in [0, 0.1) is 66.6 Å². The Morgan fingerprint density at radius 1 is 0.642 bits per heavy atom. The Bertz CT molecular complexity index is 3360. The zero-order valence-corrected chi connectivity index (χ0v) is 84.4. The van der Waals surface area contributed by atoms with Crippen LogP contribution in [0.15, 0.2) is 120 Å². The number of hydrogen-bond acceptors (Lipinski definition) is 26. The molecule has 120 heavy (non-hydrogen) atoms. The Balaban J connectivity index is -0.000000166. The average Bonchev–Trinajstić information content (AvgIpc) is 0.842. The molecular formula is C85H138BrClFN2Na3O25S2. The van der Waals surface area contributed by atoms with Crippen molar-refractivity contribution in [3.63, 3.8) is 0 Å². The van der Waals surface area contributed by atoms with Gasteiger partial charge in [-0.1, -0.05) is 82.7 Å². The minimum absolute atomic E-state index is 0. The number of esters is 4. The topological polar surface area (TPSA) is 403 Å². The van der Waals surface area contributed by atoms with E-state index in [9.17, 15) is 45.2 Å². The summed E-state index contributed by atoms with van der Waals surface area (Å²) >= 11 is 3.08. The quantitative estimate of drug-likeness (QED) is 0.0114. The molecule has 35 heteroatoms. The summed E-state index contributed by atoms with van der Waals surface area (Å²) in [6.07, 6.45) is 19.9. The van der Waals surface area contributed by atoms with Crippen LogP contribution in [0.25, 0.3) is 0 Å².